The third-order valence-corrected chi connectivity index (χ3v) is 5.28. The minimum Gasteiger partial charge on any atom is -0.505 e. The van der Waals surface area contributed by atoms with Crippen molar-refractivity contribution in [2.75, 3.05) is 24.3 Å². The summed E-state index contributed by atoms with van der Waals surface area (Å²) in [6.07, 6.45) is 1.25. The van der Waals surface area contributed by atoms with Gasteiger partial charge in [0.15, 0.2) is 5.75 Å². The van der Waals surface area contributed by atoms with Crippen molar-refractivity contribution in [3.63, 3.8) is 0 Å². The molecule has 166 valence electrons. The molecule has 0 heterocycles. The molecule has 0 fully saturated rings. The largest absolute Gasteiger partial charge is 0.505 e. The number of nitrogens with one attached hydrogen (secondary N) is 2. The number of phenolic OH excluding ortho intramolecular Hbond substituents is 1. The van der Waals surface area contributed by atoms with E-state index in [0.29, 0.717) is 23.7 Å². The molecule has 8 heteroatoms. The highest BCUT2D eigenvalue weighted by molar-refractivity contribution is 7.97. The minimum absolute atomic E-state index is 0.0231. The Balaban J connectivity index is 0.00000107. The first-order valence-corrected chi connectivity index (χ1v) is 10.9. The fraction of sp³-hybridized carbons (Fsp3) is 0.304. The third-order valence-electron chi connectivity index (χ3n) is 4.14. The molecule has 0 bridgehead atoms. The van der Waals surface area contributed by atoms with Gasteiger partial charge in [0.05, 0.1) is 17.7 Å². The van der Waals surface area contributed by atoms with Gasteiger partial charge < -0.3 is 15.7 Å². The van der Waals surface area contributed by atoms with Gasteiger partial charge in [-0.05, 0) is 36.6 Å². The summed E-state index contributed by atoms with van der Waals surface area (Å²) >= 11 is 1.23. The first-order valence-electron chi connectivity index (χ1n) is 10.2. The lowest BCUT2D eigenvalue weighted by Gasteiger charge is -2.19. The Morgan fingerprint density at radius 3 is 2.23 bits per heavy atom. The predicted molar refractivity (Wildman–Crippen MR) is 128 cm³/mol. The van der Waals surface area contributed by atoms with Crippen molar-refractivity contribution < 1.29 is 9.94 Å². The van der Waals surface area contributed by atoms with E-state index in [1.807, 2.05) is 37.3 Å². The molecule has 0 spiro atoms. The van der Waals surface area contributed by atoms with Crippen LogP contribution in [0.5, 0.6) is 5.75 Å². The lowest BCUT2D eigenvalue weighted by atomic mass is 10.1. The van der Waals surface area contributed by atoms with E-state index in [0.717, 1.165) is 5.56 Å². The summed E-state index contributed by atoms with van der Waals surface area (Å²) in [4.78, 5) is 29.7. The Kier molecular flexibility index (Phi) is 9.58. The number of anilines is 3. The van der Waals surface area contributed by atoms with Gasteiger partial charge in [-0.25, -0.2) is 0 Å². The zero-order valence-electron chi connectivity index (χ0n) is 18.3. The van der Waals surface area contributed by atoms with Crippen LogP contribution in [0.1, 0.15) is 32.8 Å². The Morgan fingerprint density at radius 1 is 0.968 bits per heavy atom. The van der Waals surface area contributed by atoms with Crippen molar-refractivity contribution in [3.8, 4) is 5.75 Å². The van der Waals surface area contributed by atoms with Crippen molar-refractivity contribution in [2.45, 2.75) is 38.6 Å². The van der Waals surface area contributed by atoms with Crippen molar-refractivity contribution >= 4 is 29.0 Å². The highest BCUT2D eigenvalue weighted by Crippen LogP contribution is 2.38. The topological polar surface area (TPSA) is 90.9 Å². The van der Waals surface area contributed by atoms with Gasteiger partial charge >= 0.3 is 0 Å². The maximum absolute atomic E-state index is 12.0. The Bertz CT molecular complexity index is 1030. The Hall–Kier alpha value is -2.81. The summed E-state index contributed by atoms with van der Waals surface area (Å²) in [5.41, 5.74) is 0.518. The van der Waals surface area contributed by atoms with Crippen LogP contribution in [-0.2, 0) is 11.4 Å². The highest BCUT2D eigenvalue weighted by atomic mass is 32.2. The van der Waals surface area contributed by atoms with E-state index >= 15 is 0 Å². The molecule has 0 unspecified atom stereocenters. The molecule has 0 saturated carbocycles. The van der Waals surface area contributed by atoms with Crippen molar-refractivity contribution in [2.24, 2.45) is 0 Å². The number of hydrogen-bond donors (Lipinski definition) is 3. The second kappa shape index (κ2) is 12.1. The third kappa shape index (κ3) is 6.33. The average molecular weight is 444 g/mol. The molecule has 3 aromatic carbocycles. The van der Waals surface area contributed by atoms with Gasteiger partial charge in [-0.2, -0.15) is 0 Å². The van der Waals surface area contributed by atoms with Crippen LogP contribution in [0.2, 0.25) is 0 Å². The number of rotatable bonds is 9. The molecule has 31 heavy (non-hydrogen) atoms. The van der Waals surface area contributed by atoms with Crippen molar-refractivity contribution in [3.05, 3.63) is 74.5 Å². The van der Waals surface area contributed by atoms with Gasteiger partial charge in [-0.3, -0.25) is 14.4 Å². The summed E-state index contributed by atoms with van der Waals surface area (Å²) < 4.78 is 1.60. The maximum Gasteiger partial charge on any atom is 0.253 e. The molecule has 0 aliphatic rings. The van der Waals surface area contributed by atoms with Crippen LogP contribution in [0.3, 0.4) is 0 Å². The molecule has 3 rings (SSSR count). The molecule has 0 atom stereocenters. The summed E-state index contributed by atoms with van der Waals surface area (Å²) in [7, 11) is 1.55. The molecule has 3 N–H and O–H groups in total. The van der Waals surface area contributed by atoms with Gasteiger partial charge in [-0.15, -0.1) is 4.47 Å². The van der Waals surface area contributed by atoms with Crippen LogP contribution in [0.4, 0.5) is 17.1 Å². The van der Waals surface area contributed by atoms with E-state index < -0.39 is 10.9 Å². The molecule has 0 radical (unpaired) electrons. The molecule has 0 saturated heterocycles. The number of hydrogen-bond acceptors (Lipinski definition) is 8. The monoisotopic (exact) mass is 443 g/mol. The Labute approximate surface area is 186 Å². The summed E-state index contributed by atoms with van der Waals surface area (Å²) in [5, 5.41) is 16.4. The fourth-order valence-corrected chi connectivity index (χ4v) is 3.40. The van der Waals surface area contributed by atoms with Crippen LogP contribution in [0.25, 0.3) is 0 Å². The predicted octanol–water partition coefficient (Wildman–Crippen LogP) is 4.65. The van der Waals surface area contributed by atoms with Crippen LogP contribution < -0.4 is 21.5 Å². The van der Waals surface area contributed by atoms with Gasteiger partial charge in [0.1, 0.15) is 11.4 Å². The molecule has 7 nitrogen and oxygen atoms in total. The fourth-order valence-electron chi connectivity index (χ4n) is 2.64. The molecule has 0 aliphatic carbocycles. The van der Waals surface area contributed by atoms with Gasteiger partial charge in [0, 0.05) is 13.1 Å². The van der Waals surface area contributed by atoms with E-state index in [9.17, 15) is 14.7 Å². The van der Waals surface area contributed by atoms with E-state index in [1.165, 1.54) is 18.4 Å². The van der Waals surface area contributed by atoms with E-state index in [-0.39, 0.29) is 17.1 Å². The van der Waals surface area contributed by atoms with Gasteiger partial charge in [0.25, 0.3) is 10.9 Å². The Morgan fingerprint density at radius 2 is 1.61 bits per heavy atom. The van der Waals surface area contributed by atoms with Crippen molar-refractivity contribution in [1.29, 1.82) is 0 Å². The summed E-state index contributed by atoms with van der Waals surface area (Å²) in [5.74, 6) is -0.0231. The van der Waals surface area contributed by atoms with Gasteiger partial charge in [-0.1, -0.05) is 56.7 Å². The second-order valence-electron chi connectivity index (χ2n) is 6.65. The van der Waals surface area contributed by atoms with E-state index in [2.05, 4.69) is 24.5 Å². The summed E-state index contributed by atoms with van der Waals surface area (Å²) in [6, 6.07) is 14.7. The van der Waals surface area contributed by atoms with Crippen LogP contribution >= 0.6 is 11.9 Å². The lowest BCUT2D eigenvalue weighted by Crippen LogP contribution is -2.36. The smallest absolute Gasteiger partial charge is 0.253 e. The minimum atomic E-state index is -0.611. The first kappa shape index (κ1) is 24.5. The molecular formula is C23H29N3O4S. The number of nitrogens with zero attached hydrogens (tertiary/aromatic N) is 1. The zero-order chi connectivity index (χ0) is 22.8. The first-order chi connectivity index (χ1) is 15.0. The lowest BCUT2D eigenvalue weighted by molar-refractivity contribution is -0.0333. The van der Waals surface area contributed by atoms with Crippen LogP contribution in [0, 0.1) is 0 Å². The average Bonchev–Trinajstić information content (AvgIpc) is 2.79. The molecule has 0 aliphatic heterocycles. The summed E-state index contributed by atoms with van der Waals surface area (Å²) in [6.45, 7) is 7.20. The van der Waals surface area contributed by atoms with E-state index in [1.54, 1.807) is 29.8 Å². The van der Waals surface area contributed by atoms with Crippen LogP contribution in [-0.4, -0.2) is 23.2 Å². The molecule has 3 aromatic rings. The number of hydroxylamine groups is 1. The zero-order valence-corrected chi connectivity index (χ0v) is 19.1. The SMILES string of the molecule is CCC.CCN(OC)Sc1cccc(Nc2c(NCc3ccccc3)c(=O)c2=O)c1O. The second-order valence-corrected chi connectivity index (χ2v) is 7.68. The van der Waals surface area contributed by atoms with Gasteiger partial charge in [0.2, 0.25) is 0 Å². The van der Waals surface area contributed by atoms with E-state index in [4.69, 9.17) is 4.84 Å². The number of para-hydroxylation sites is 1. The highest BCUT2D eigenvalue weighted by Gasteiger charge is 2.22. The number of phenols is 1. The standard InChI is InChI=1S/C20H21N3O4S.C3H8/c1-3-23(27-2)28-15-11-7-10-14(18(15)24)22-17-16(19(25)20(17)26)21-12-13-8-5-4-6-9-13;1-3-2/h4-11,21-22,24H,3,12H2,1-2H3;3H2,1-2H3. The molecular weight excluding hydrogens is 414 g/mol. The maximum atomic E-state index is 12.0. The van der Waals surface area contributed by atoms with Crippen molar-refractivity contribution in [1.82, 2.24) is 4.47 Å². The number of aromatic hydroxyl groups is 1. The molecule has 0 amide bonds. The molecule has 0 aromatic heterocycles. The van der Waals surface area contributed by atoms with Crippen LogP contribution in [0.15, 0.2) is 63.0 Å². The normalized spacial score (nSPS) is 10.6. The quantitative estimate of drug-likeness (QED) is 0.191. The number of benzene rings is 2.